The average Bonchev–Trinajstić information content (AvgIpc) is 2.98. The van der Waals surface area contributed by atoms with Gasteiger partial charge in [-0.25, -0.2) is 9.40 Å². The highest BCUT2D eigenvalue weighted by Crippen LogP contribution is 2.22. The Morgan fingerprint density at radius 3 is 2.19 bits per heavy atom. The summed E-state index contributed by atoms with van der Waals surface area (Å²) in [6, 6.07) is 10.9. The number of hydrogen-bond acceptors (Lipinski definition) is 4. The number of ketones is 1. The third kappa shape index (κ3) is 3.88. The zero-order valence-electron chi connectivity index (χ0n) is 14.0. The molecule has 0 aromatic heterocycles. The van der Waals surface area contributed by atoms with Crippen LogP contribution in [0.4, 0.5) is 4.39 Å². The van der Waals surface area contributed by atoms with Crippen LogP contribution in [-0.4, -0.2) is 40.1 Å². The largest absolute Gasteiger partial charge is 0.292 e. The SMILES string of the molecule is O=C(CN(C(=O)c1ccccc1Cl)N1C(=O)CCC1=O)c1ccc(F)cc1. The summed E-state index contributed by atoms with van der Waals surface area (Å²) in [6.07, 6.45) is -0.0915. The van der Waals surface area contributed by atoms with Crippen molar-refractivity contribution in [2.24, 2.45) is 0 Å². The van der Waals surface area contributed by atoms with Crippen molar-refractivity contribution in [1.29, 1.82) is 0 Å². The lowest BCUT2D eigenvalue weighted by Gasteiger charge is -2.29. The van der Waals surface area contributed by atoms with Gasteiger partial charge >= 0.3 is 0 Å². The van der Waals surface area contributed by atoms with Gasteiger partial charge in [0.15, 0.2) is 5.78 Å². The molecule has 0 unspecified atom stereocenters. The summed E-state index contributed by atoms with van der Waals surface area (Å²) in [5, 5.41) is 1.61. The molecule has 0 radical (unpaired) electrons. The predicted octanol–water partition coefficient (Wildman–Crippen LogP) is 2.87. The topological polar surface area (TPSA) is 74.8 Å². The first kappa shape index (κ1) is 18.7. The Morgan fingerprint density at radius 1 is 1.00 bits per heavy atom. The van der Waals surface area contributed by atoms with Crippen LogP contribution in [0.2, 0.25) is 5.02 Å². The summed E-state index contributed by atoms with van der Waals surface area (Å²) < 4.78 is 13.1. The van der Waals surface area contributed by atoms with Crippen molar-refractivity contribution in [3.8, 4) is 0 Å². The number of benzene rings is 2. The number of rotatable bonds is 5. The maximum absolute atomic E-state index is 13.1. The Kier molecular flexibility index (Phi) is 5.32. The summed E-state index contributed by atoms with van der Waals surface area (Å²) in [5.74, 6) is -2.97. The van der Waals surface area contributed by atoms with Crippen LogP contribution in [0.25, 0.3) is 0 Å². The Hall–Kier alpha value is -3.06. The molecule has 1 fully saturated rings. The minimum absolute atomic E-state index is 0.0458. The first-order chi connectivity index (χ1) is 12.9. The maximum atomic E-state index is 13.1. The van der Waals surface area contributed by atoms with Crippen molar-refractivity contribution in [2.45, 2.75) is 12.8 Å². The molecule has 27 heavy (non-hydrogen) atoms. The van der Waals surface area contributed by atoms with E-state index in [2.05, 4.69) is 0 Å². The van der Waals surface area contributed by atoms with E-state index in [9.17, 15) is 23.6 Å². The molecular weight excluding hydrogens is 375 g/mol. The zero-order chi connectivity index (χ0) is 19.6. The number of halogens is 2. The molecule has 0 N–H and O–H groups in total. The first-order valence-corrected chi connectivity index (χ1v) is 8.47. The fourth-order valence-electron chi connectivity index (χ4n) is 2.70. The van der Waals surface area contributed by atoms with E-state index in [4.69, 9.17) is 11.6 Å². The number of hydrogen-bond donors (Lipinski definition) is 0. The second-order valence-electron chi connectivity index (χ2n) is 5.87. The van der Waals surface area contributed by atoms with E-state index >= 15 is 0 Å². The number of imide groups is 1. The Balaban J connectivity index is 1.95. The Labute approximate surface area is 159 Å². The molecule has 1 aliphatic rings. The van der Waals surface area contributed by atoms with Gasteiger partial charge in [0.1, 0.15) is 12.4 Å². The number of nitrogens with zero attached hydrogens (tertiary/aromatic N) is 2. The van der Waals surface area contributed by atoms with E-state index in [1.165, 1.54) is 24.3 Å². The summed E-state index contributed by atoms with van der Waals surface area (Å²) in [4.78, 5) is 49.8. The standard InChI is InChI=1S/C19H14ClFN2O4/c20-15-4-2-1-3-14(15)19(27)22(23-17(25)9-10-18(23)26)11-16(24)12-5-7-13(21)8-6-12/h1-8H,9-11H2. The molecule has 0 atom stereocenters. The molecule has 0 saturated carbocycles. The van der Waals surface area contributed by atoms with Gasteiger partial charge in [0, 0.05) is 18.4 Å². The van der Waals surface area contributed by atoms with E-state index in [-0.39, 0.29) is 29.0 Å². The van der Waals surface area contributed by atoms with E-state index in [0.717, 1.165) is 17.1 Å². The van der Waals surface area contributed by atoms with Gasteiger partial charge < -0.3 is 0 Å². The molecule has 0 aliphatic carbocycles. The molecule has 3 amide bonds. The van der Waals surface area contributed by atoms with Gasteiger partial charge in [-0.05, 0) is 36.4 Å². The summed E-state index contributed by atoms with van der Waals surface area (Å²) in [7, 11) is 0. The van der Waals surface area contributed by atoms with Crippen LogP contribution in [-0.2, 0) is 9.59 Å². The van der Waals surface area contributed by atoms with Gasteiger partial charge in [0.25, 0.3) is 5.91 Å². The molecule has 2 aromatic carbocycles. The highest BCUT2D eigenvalue weighted by atomic mass is 35.5. The van der Waals surface area contributed by atoms with Gasteiger partial charge in [-0.2, -0.15) is 5.01 Å². The van der Waals surface area contributed by atoms with Gasteiger partial charge in [-0.3, -0.25) is 19.2 Å². The molecule has 2 aromatic rings. The van der Waals surface area contributed by atoms with Crippen LogP contribution < -0.4 is 0 Å². The van der Waals surface area contributed by atoms with Gasteiger partial charge in [-0.15, -0.1) is 0 Å². The quantitative estimate of drug-likeness (QED) is 0.583. The lowest BCUT2D eigenvalue weighted by molar-refractivity contribution is -0.152. The molecule has 3 rings (SSSR count). The summed E-state index contributed by atoms with van der Waals surface area (Å²) in [6.45, 7) is -0.562. The fraction of sp³-hybridized carbons (Fsp3) is 0.158. The van der Waals surface area contributed by atoms with Crippen molar-refractivity contribution in [3.63, 3.8) is 0 Å². The predicted molar refractivity (Wildman–Crippen MR) is 94.3 cm³/mol. The number of hydrazine groups is 1. The third-order valence-corrected chi connectivity index (χ3v) is 4.39. The summed E-state index contributed by atoms with van der Waals surface area (Å²) in [5.41, 5.74) is 0.200. The van der Waals surface area contributed by atoms with Gasteiger partial charge in [0.05, 0.1) is 10.6 Å². The zero-order valence-corrected chi connectivity index (χ0v) is 14.8. The van der Waals surface area contributed by atoms with Crippen molar-refractivity contribution in [1.82, 2.24) is 10.0 Å². The van der Waals surface area contributed by atoms with E-state index in [1.807, 2.05) is 0 Å². The fourth-order valence-corrected chi connectivity index (χ4v) is 2.92. The highest BCUT2D eigenvalue weighted by molar-refractivity contribution is 6.34. The smallest absolute Gasteiger partial charge is 0.274 e. The molecule has 8 heteroatoms. The minimum atomic E-state index is -0.750. The van der Waals surface area contributed by atoms with E-state index in [1.54, 1.807) is 12.1 Å². The molecule has 138 valence electrons. The van der Waals surface area contributed by atoms with Crippen molar-refractivity contribution in [2.75, 3.05) is 6.54 Å². The average molecular weight is 389 g/mol. The van der Waals surface area contributed by atoms with Crippen LogP contribution >= 0.6 is 11.6 Å². The summed E-state index contributed by atoms with van der Waals surface area (Å²) >= 11 is 6.05. The van der Waals surface area contributed by atoms with Crippen molar-refractivity contribution in [3.05, 3.63) is 70.5 Å². The monoisotopic (exact) mass is 388 g/mol. The molecule has 6 nitrogen and oxygen atoms in total. The number of Topliss-reactive ketones (excluding diaryl/α,β-unsaturated/α-hetero) is 1. The Bertz CT molecular complexity index is 914. The van der Waals surface area contributed by atoms with E-state index in [0.29, 0.717) is 5.01 Å². The van der Waals surface area contributed by atoms with Gasteiger partial charge in [0.2, 0.25) is 11.8 Å². The van der Waals surface area contributed by atoms with Crippen molar-refractivity contribution < 1.29 is 23.6 Å². The molecule has 1 aliphatic heterocycles. The second-order valence-corrected chi connectivity index (χ2v) is 6.28. The minimum Gasteiger partial charge on any atom is -0.292 e. The molecule has 0 bridgehead atoms. The number of carbonyl (C=O) groups is 4. The molecule has 1 saturated heterocycles. The van der Waals surface area contributed by atoms with Crippen LogP contribution in [0.3, 0.4) is 0 Å². The molecule has 0 spiro atoms. The van der Waals surface area contributed by atoms with Gasteiger partial charge in [-0.1, -0.05) is 23.7 Å². The second kappa shape index (κ2) is 7.67. The van der Waals surface area contributed by atoms with Crippen LogP contribution in [0.1, 0.15) is 33.6 Å². The first-order valence-electron chi connectivity index (χ1n) is 8.09. The lowest BCUT2D eigenvalue weighted by Crippen LogP contribution is -2.51. The van der Waals surface area contributed by atoms with Crippen molar-refractivity contribution >= 4 is 35.1 Å². The van der Waals surface area contributed by atoms with E-state index < -0.39 is 35.9 Å². The molecule has 1 heterocycles. The van der Waals surface area contributed by atoms with Crippen LogP contribution in [0.5, 0.6) is 0 Å². The maximum Gasteiger partial charge on any atom is 0.274 e. The number of amides is 3. The highest BCUT2D eigenvalue weighted by Gasteiger charge is 2.38. The van der Waals surface area contributed by atoms with Crippen LogP contribution in [0, 0.1) is 5.82 Å². The molecular formula is C19H14ClFN2O4. The third-order valence-electron chi connectivity index (χ3n) is 4.06. The van der Waals surface area contributed by atoms with Crippen LogP contribution in [0.15, 0.2) is 48.5 Å². The normalized spacial score (nSPS) is 13.8. The number of carbonyl (C=O) groups excluding carboxylic acids is 4. The Morgan fingerprint density at radius 2 is 1.59 bits per heavy atom. The lowest BCUT2D eigenvalue weighted by atomic mass is 10.1.